The Morgan fingerprint density at radius 2 is 1.71 bits per heavy atom. The van der Waals surface area contributed by atoms with Crippen molar-refractivity contribution in [1.82, 2.24) is 4.90 Å². The molecule has 4 aromatic rings. The van der Waals surface area contributed by atoms with Gasteiger partial charge in [-0.1, -0.05) is 73.1 Å². The molecule has 0 unspecified atom stereocenters. The molecule has 264 valence electrons. The van der Waals surface area contributed by atoms with Gasteiger partial charge in [-0.3, -0.25) is 19.3 Å². The highest BCUT2D eigenvalue weighted by Crippen LogP contribution is 2.60. The van der Waals surface area contributed by atoms with E-state index in [9.17, 15) is 24.3 Å². The number of ether oxygens (including phenoxy) is 1. The van der Waals surface area contributed by atoms with Gasteiger partial charge in [-0.2, -0.15) is 0 Å². The molecule has 2 N–H and O–H groups in total. The van der Waals surface area contributed by atoms with Crippen LogP contribution >= 0.6 is 11.6 Å². The average Bonchev–Trinajstić information content (AvgIpc) is 3.54. The van der Waals surface area contributed by atoms with E-state index in [1.54, 1.807) is 26.8 Å². The molecule has 0 aromatic heterocycles. The van der Waals surface area contributed by atoms with Crippen molar-refractivity contribution in [2.24, 2.45) is 5.92 Å². The molecule has 3 aliphatic rings. The predicted octanol–water partition coefficient (Wildman–Crippen LogP) is 6.32. The molecule has 0 saturated carbocycles. The molecule has 5 atom stereocenters. The largest absolute Gasteiger partial charge is 0.432 e. The van der Waals surface area contributed by atoms with E-state index in [0.717, 1.165) is 28.8 Å². The van der Waals surface area contributed by atoms with Gasteiger partial charge in [0.25, 0.3) is 5.91 Å². The van der Waals surface area contributed by atoms with Crippen molar-refractivity contribution < 1.29 is 29.0 Å². The van der Waals surface area contributed by atoms with Gasteiger partial charge in [-0.15, -0.1) is 0 Å². The van der Waals surface area contributed by atoms with Gasteiger partial charge in [-0.25, -0.2) is 0 Å². The molecule has 0 aliphatic carbocycles. The fraction of sp³-hybridized carbons (Fsp3) is 0.325. The van der Waals surface area contributed by atoms with E-state index < -0.39 is 31.5 Å². The number of halogens is 1. The normalized spacial score (nSPS) is 24.1. The predicted molar refractivity (Wildman–Crippen MR) is 199 cm³/mol. The quantitative estimate of drug-likeness (QED) is 0.155. The molecular formula is C40H42ClN3O6Si. The minimum Gasteiger partial charge on any atom is -0.432 e. The van der Waals surface area contributed by atoms with Crippen LogP contribution in [-0.2, 0) is 44.2 Å². The molecule has 1 spiro atoms. The number of fused-ring (bicyclic) bond motifs is 3. The third-order valence-electron chi connectivity index (χ3n) is 10.9. The lowest BCUT2D eigenvalue weighted by Crippen LogP contribution is -2.48. The molecule has 4 aromatic carbocycles. The lowest BCUT2D eigenvalue weighted by Gasteiger charge is -2.37. The number of nitrogens with zero attached hydrogens (tertiary/aromatic N) is 3. The van der Waals surface area contributed by atoms with Gasteiger partial charge in [0.2, 0.25) is 12.3 Å². The standard InChI is InChI=1S/C40H42ClN3O6Si/c1-26-38(51(2,3)49)36(21-37(47)42-23-29-12-8-7-11-28(29)19-33(42)24-45)50-40(26)34-20-30(41)16-17-35(34)43(39(40)48)22-27-10-9-15-32(18-27)44(25-46)31-13-5-4-6-14-31/h4-18,20,25-26,33,36,38,45,49H,19,21-24H2,1-3H3/t26-,33-,36+,38-,40+/m0/s1. The van der Waals surface area contributed by atoms with Crippen molar-refractivity contribution in [3.63, 3.8) is 0 Å². The Kier molecular flexibility index (Phi) is 9.40. The highest BCUT2D eigenvalue weighted by atomic mass is 35.5. The first-order chi connectivity index (χ1) is 24.5. The highest BCUT2D eigenvalue weighted by Gasteiger charge is 2.66. The number of para-hydroxylation sites is 1. The van der Waals surface area contributed by atoms with Gasteiger partial charge in [-0.05, 0) is 78.7 Å². The van der Waals surface area contributed by atoms with Crippen molar-refractivity contribution in [2.75, 3.05) is 16.4 Å². The first-order valence-electron chi connectivity index (χ1n) is 17.3. The maximum absolute atomic E-state index is 14.9. The first-order valence-corrected chi connectivity index (χ1v) is 20.7. The van der Waals surface area contributed by atoms with Gasteiger partial charge < -0.3 is 24.4 Å². The lowest BCUT2D eigenvalue weighted by molar-refractivity contribution is -0.151. The van der Waals surface area contributed by atoms with E-state index in [4.69, 9.17) is 16.3 Å². The molecule has 9 nitrogen and oxygen atoms in total. The molecule has 1 fully saturated rings. The number of carbonyl (C=O) groups is 3. The molecule has 0 bridgehead atoms. The number of hydrogen-bond donors (Lipinski definition) is 2. The summed E-state index contributed by atoms with van der Waals surface area (Å²) in [4.78, 5) is 58.0. The van der Waals surface area contributed by atoms with E-state index in [-0.39, 0.29) is 37.4 Å². The Bertz CT molecular complexity index is 1970. The topological polar surface area (TPSA) is 111 Å². The summed E-state index contributed by atoms with van der Waals surface area (Å²) in [6.45, 7) is 5.98. The van der Waals surface area contributed by atoms with Crippen LogP contribution in [0.25, 0.3) is 0 Å². The van der Waals surface area contributed by atoms with Crippen molar-refractivity contribution in [2.45, 2.75) is 69.2 Å². The van der Waals surface area contributed by atoms with Crippen LogP contribution in [0.1, 0.15) is 35.6 Å². The maximum Gasteiger partial charge on any atom is 0.264 e. The molecule has 51 heavy (non-hydrogen) atoms. The Balaban J connectivity index is 1.22. The average molecular weight is 724 g/mol. The van der Waals surface area contributed by atoms with E-state index in [1.165, 1.54) is 0 Å². The van der Waals surface area contributed by atoms with Crippen LogP contribution in [0.5, 0.6) is 0 Å². The van der Waals surface area contributed by atoms with Crippen molar-refractivity contribution in [3.05, 3.63) is 124 Å². The van der Waals surface area contributed by atoms with Crippen molar-refractivity contribution >= 4 is 55.2 Å². The van der Waals surface area contributed by atoms with E-state index in [0.29, 0.717) is 34.9 Å². The first kappa shape index (κ1) is 35.1. The molecule has 3 heterocycles. The molecule has 0 radical (unpaired) electrons. The fourth-order valence-corrected chi connectivity index (χ4v) is 11.3. The summed E-state index contributed by atoms with van der Waals surface area (Å²) in [5, 5.41) is 10.7. The van der Waals surface area contributed by atoms with E-state index in [1.807, 2.05) is 105 Å². The number of aliphatic hydroxyl groups is 1. The van der Waals surface area contributed by atoms with Crippen molar-refractivity contribution in [1.29, 1.82) is 0 Å². The van der Waals surface area contributed by atoms with Crippen molar-refractivity contribution in [3.8, 4) is 0 Å². The van der Waals surface area contributed by atoms with E-state index >= 15 is 0 Å². The number of anilines is 3. The lowest BCUT2D eigenvalue weighted by atomic mass is 9.82. The number of hydrogen-bond acceptors (Lipinski definition) is 6. The monoisotopic (exact) mass is 723 g/mol. The van der Waals surface area contributed by atoms with Crippen LogP contribution in [0, 0.1) is 5.92 Å². The number of aliphatic hydroxyl groups excluding tert-OH is 1. The van der Waals surface area contributed by atoms with Gasteiger partial charge in [0.15, 0.2) is 13.9 Å². The third kappa shape index (κ3) is 6.19. The minimum atomic E-state index is -3.05. The summed E-state index contributed by atoms with van der Waals surface area (Å²) in [5.41, 5.74) is 3.64. The van der Waals surface area contributed by atoms with Crippen LogP contribution in [0.2, 0.25) is 23.7 Å². The molecule has 7 rings (SSSR count). The van der Waals surface area contributed by atoms with Gasteiger partial charge >= 0.3 is 0 Å². The smallest absolute Gasteiger partial charge is 0.264 e. The van der Waals surface area contributed by atoms with Crippen LogP contribution in [0.15, 0.2) is 97.1 Å². The fourth-order valence-electron chi connectivity index (χ4n) is 8.59. The molecule has 11 heteroatoms. The highest BCUT2D eigenvalue weighted by molar-refractivity contribution is 6.71. The number of amides is 3. The number of rotatable bonds is 9. The summed E-state index contributed by atoms with van der Waals surface area (Å²) < 4.78 is 6.92. The summed E-state index contributed by atoms with van der Waals surface area (Å²) in [5.74, 6) is -0.960. The number of carbonyl (C=O) groups excluding carboxylic acids is 3. The van der Waals surface area contributed by atoms with E-state index in [2.05, 4.69) is 0 Å². The Hall–Kier alpha value is -4.32. The minimum absolute atomic E-state index is 0.0430. The second-order valence-electron chi connectivity index (χ2n) is 14.4. The molecule has 3 aliphatic heterocycles. The summed E-state index contributed by atoms with van der Waals surface area (Å²) in [6.07, 6.45) is 0.522. The summed E-state index contributed by atoms with van der Waals surface area (Å²) >= 11 is 6.59. The third-order valence-corrected chi connectivity index (χ3v) is 13.6. The van der Waals surface area contributed by atoms with Gasteiger partial charge in [0, 0.05) is 40.0 Å². The molecular weight excluding hydrogens is 682 g/mol. The Morgan fingerprint density at radius 1 is 1.00 bits per heavy atom. The SMILES string of the molecule is C[C@H]1[C@H]([Si](C)(C)O)[C@@H](CC(=O)N2Cc3ccccc3C[C@H]2CO)O[C@]12C(=O)N(Cc1cccc(N(C=O)c3ccccc3)c1)c1ccc(Cl)cc12. The zero-order chi connectivity index (χ0) is 36.1. The maximum atomic E-state index is 14.9. The van der Waals surface area contributed by atoms with Crippen LogP contribution in [0.4, 0.5) is 17.1 Å². The summed E-state index contributed by atoms with van der Waals surface area (Å²) in [6, 6.07) is 29.7. The second kappa shape index (κ2) is 13.7. The Morgan fingerprint density at radius 3 is 2.41 bits per heavy atom. The molecule has 1 saturated heterocycles. The zero-order valence-corrected chi connectivity index (χ0v) is 30.7. The second-order valence-corrected chi connectivity index (χ2v) is 18.8. The van der Waals surface area contributed by atoms with Gasteiger partial charge in [0.05, 0.1) is 37.4 Å². The van der Waals surface area contributed by atoms with Crippen LogP contribution in [-0.4, -0.2) is 60.1 Å². The van der Waals surface area contributed by atoms with Crippen LogP contribution < -0.4 is 9.80 Å². The zero-order valence-electron chi connectivity index (χ0n) is 28.9. The van der Waals surface area contributed by atoms with Crippen LogP contribution in [0.3, 0.4) is 0 Å². The summed E-state index contributed by atoms with van der Waals surface area (Å²) in [7, 11) is -3.05. The molecule has 3 amide bonds. The Labute approximate surface area is 304 Å². The number of benzene rings is 4. The van der Waals surface area contributed by atoms with Gasteiger partial charge in [0.1, 0.15) is 0 Å².